The summed E-state index contributed by atoms with van der Waals surface area (Å²) in [5, 5.41) is 11.3. The Bertz CT molecular complexity index is 1670. The Hall–Kier alpha value is -3.85. The standard InChI is InChI=1S/C41H55N3O5S/c1-6-7-8-9-10-11-12-13-14-15-16-17-18-22-30-23-21-26-34(48-5)36(30)38-35(39(45)46)29(4)42-33(37(38)40(47)49-28(2)3)27-50-41-43-31-24-19-20-25-32(31)44-41/h19-21,23-26,28H,6-18,22,27H2,1-5H3,(H,43,44)(H,45,46). The second-order valence-corrected chi connectivity index (χ2v) is 14.3. The Morgan fingerprint density at radius 2 is 1.46 bits per heavy atom. The molecule has 0 unspecified atom stereocenters. The van der Waals surface area contributed by atoms with Crippen LogP contribution in [0.2, 0.25) is 0 Å². The van der Waals surface area contributed by atoms with E-state index in [2.05, 4.69) is 16.9 Å². The number of H-pyrrole nitrogens is 1. The van der Waals surface area contributed by atoms with E-state index in [1.807, 2.05) is 42.5 Å². The van der Waals surface area contributed by atoms with Crippen molar-refractivity contribution >= 4 is 34.7 Å². The lowest BCUT2D eigenvalue weighted by Crippen LogP contribution is -2.20. The molecule has 0 bridgehead atoms. The fourth-order valence-corrected chi connectivity index (χ4v) is 7.41. The number of rotatable bonds is 22. The first-order chi connectivity index (χ1) is 24.2. The number of methoxy groups -OCH3 is 1. The van der Waals surface area contributed by atoms with Crippen molar-refractivity contribution in [1.29, 1.82) is 0 Å². The van der Waals surface area contributed by atoms with Gasteiger partial charge in [0.15, 0.2) is 5.16 Å². The first-order valence-electron chi connectivity index (χ1n) is 18.5. The summed E-state index contributed by atoms with van der Waals surface area (Å²) >= 11 is 1.41. The van der Waals surface area contributed by atoms with E-state index in [9.17, 15) is 14.7 Å². The molecule has 0 saturated heterocycles. The predicted molar refractivity (Wildman–Crippen MR) is 204 cm³/mol. The Labute approximate surface area is 302 Å². The maximum atomic E-state index is 14.0. The molecule has 0 amide bonds. The van der Waals surface area contributed by atoms with Gasteiger partial charge in [0.2, 0.25) is 0 Å². The van der Waals surface area contributed by atoms with Gasteiger partial charge in [0.05, 0.1) is 46.8 Å². The van der Waals surface area contributed by atoms with Gasteiger partial charge in [-0.05, 0) is 57.4 Å². The number of thioether (sulfide) groups is 1. The van der Waals surface area contributed by atoms with Gasteiger partial charge in [-0.2, -0.15) is 0 Å². The van der Waals surface area contributed by atoms with E-state index in [0.29, 0.717) is 33.4 Å². The van der Waals surface area contributed by atoms with Crippen LogP contribution in [-0.2, 0) is 16.9 Å². The average Bonchev–Trinajstić information content (AvgIpc) is 3.51. The molecule has 4 rings (SSSR count). The number of imidazole rings is 1. The van der Waals surface area contributed by atoms with Crippen molar-refractivity contribution < 1.29 is 24.2 Å². The zero-order valence-electron chi connectivity index (χ0n) is 30.6. The third kappa shape index (κ3) is 10.8. The van der Waals surface area contributed by atoms with E-state index in [1.54, 1.807) is 27.9 Å². The number of unbranched alkanes of at least 4 members (excludes halogenated alkanes) is 12. The molecule has 2 heterocycles. The summed E-state index contributed by atoms with van der Waals surface area (Å²) in [5.74, 6) is -0.972. The minimum absolute atomic E-state index is 0.0192. The number of aromatic carboxylic acids is 1. The van der Waals surface area contributed by atoms with E-state index >= 15 is 0 Å². The molecular formula is C41H55N3O5S. The van der Waals surface area contributed by atoms with Crippen molar-refractivity contribution in [2.24, 2.45) is 0 Å². The number of fused-ring (bicyclic) bond motifs is 1. The van der Waals surface area contributed by atoms with Gasteiger partial charge in [0.1, 0.15) is 5.75 Å². The van der Waals surface area contributed by atoms with Crippen LogP contribution in [0.3, 0.4) is 0 Å². The van der Waals surface area contributed by atoms with Gasteiger partial charge in [-0.15, -0.1) is 0 Å². The van der Waals surface area contributed by atoms with Gasteiger partial charge >= 0.3 is 11.9 Å². The zero-order valence-corrected chi connectivity index (χ0v) is 31.4. The largest absolute Gasteiger partial charge is 0.496 e. The monoisotopic (exact) mass is 701 g/mol. The predicted octanol–water partition coefficient (Wildman–Crippen LogP) is 11.1. The molecule has 0 aliphatic heterocycles. The van der Waals surface area contributed by atoms with Crippen LogP contribution < -0.4 is 4.74 Å². The molecule has 0 fully saturated rings. The number of aromatic nitrogens is 3. The van der Waals surface area contributed by atoms with E-state index in [0.717, 1.165) is 35.9 Å². The van der Waals surface area contributed by atoms with Gasteiger partial charge in [0.25, 0.3) is 0 Å². The first-order valence-corrected chi connectivity index (χ1v) is 19.4. The van der Waals surface area contributed by atoms with Crippen molar-refractivity contribution in [1.82, 2.24) is 15.0 Å². The van der Waals surface area contributed by atoms with Crippen molar-refractivity contribution in [3.05, 3.63) is 70.5 Å². The zero-order chi connectivity index (χ0) is 35.9. The highest BCUT2D eigenvalue weighted by atomic mass is 32.2. The van der Waals surface area contributed by atoms with Crippen LogP contribution in [0.1, 0.15) is 142 Å². The van der Waals surface area contributed by atoms with E-state index in [1.165, 1.54) is 82.4 Å². The first kappa shape index (κ1) is 38.9. The minimum atomic E-state index is -1.15. The highest BCUT2D eigenvalue weighted by Gasteiger charge is 2.31. The van der Waals surface area contributed by atoms with Crippen LogP contribution in [0.5, 0.6) is 5.75 Å². The molecule has 0 aliphatic carbocycles. The van der Waals surface area contributed by atoms with Crippen LogP contribution in [0.25, 0.3) is 22.2 Å². The molecule has 0 atom stereocenters. The minimum Gasteiger partial charge on any atom is -0.496 e. The number of para-hydroxylation sites is 2. The van der Waals surface area contributed by atoms with Crippen LogP contribution in [0.15, 0.2) is 47.6 Å². The van der Waals surface area contributed by atoms with Gasteiger partial charge < -0.3 is 19.6 Å². The third-order valence-electron chi connectivity index (χ3n) is 9.06. The number of carbonyl (C=O) groups excluding carboxylic acids is 1. The van der Waals surface area contributed by atoms with Crippen molar-refractivity contribution in [3.8, 4) is 16.9 Å². The molecule has 0 radical (unpaired) electrons. The number of carboxylic acids is 1. The lowest BCUT2D eigenvalue weighted by molar-refractivity contribution is 0.0377. The van der Waals surface area contributed by atoms with Crippen LogP contribution >= 0.6 is 11.8 Å². The summed E-state index contributed by atoms with van der Waals surface area (Å²) in [5.41, 5.74) is 4.51. The topological polar surface area (TPSA) is 114 Å². The highest BCUT2D eigenvalue weighted by Crippen LogP contribution is 2.42. The molecule has 0 aliphatic rings. The number of benzene rings is 2. The maximum Gasteiger partial charge on any atom is 0.340 e. The van der Waals surface area contributed by atoms with Gasteiger partial charge in [-0.3, -0.25) is 4.98 Å². The number of nitrogens with one attached hydrogen (secondary N) is 1. The summed E-state index contributed by atoms with van der Waals surface area (Å²) in [6, 6.07) is 13.5. The number of aromatic amines is 1. The average molecular weight is 702 g/mol. The Balaban J connectivity index is 1.58. The maximum absolute atomic E-state index is 14.0. The van der Waals surface area contributed by atoms with E-state index < -0.39 is 18.0 Å². The van der Waals surface area contributed by atoms with Gasteiger partial charge in [0, 0.05) is 16.9 Å². The number of pyridine rings is 1. The molecule has 270 valence electrons. The second kappa shape index (κ2) is 20.1. The number of ether oxygens (including phenoxy) is 2. The molecule has 0 saturated carbocycles. The highest BCUT2D eigenvalue weighted by molar-refractivity contribution is 7.98. The molecule has 9 heteroatoms. The Morgan fingerprint density at radius 1 is 0.820 bits per heavy atom. The number of aryl methyl sites for hydroxylation is 2. The SMILES string of the molecule is CCCCCCCCCCCCCCCc1cccc(OC)c1-c1c(C(=O)O)c(C)nc(CSc2nc3ccccc3[nH]2)c1C(=O)OC(C)C. The Morgan fingerprint density at radius 3 is 2.06 bits per heavy atom. The normalized spacial score (nSPS) is 11.4. The van der Waals surface area contributed by atoms with Crippen molar-refractivity contribution in [3.63, 3.8) is 0 Å². The second-order valence-electron chi connectivity index (χ2n) is 13.4. The quantitative estimate of drug-likeness (QED) is 0.0473. The molecule has 0 spiro atoms. The number of esters is 1. The van der Waals surface area contributed by atoms with E-state index in [-0.39, 0.29) is 16.9 Å². The summed E-state index contributed by atoms with van der Waals surface area (Å²) in [7, 11) is 1.58. The molecule has 4 aromatic rings. The molecule has 2 aromatic heterocycles. The summed E-state index contributed by atoms with van der Waals surface area (Å²) in [6.45, 7) is 7.50. The van der Waals surface area contributed by atoms with Crippen molar-refractivity contribution in [2.75, 3.05) is 7.11 Å². The number of hydrogen-bond donors (Lipinski definition) is 2. The molecule has 2 N–H and O–H groups in total. The molecular weight excluding hydrogens is 647 g/mol. The van der Waals surface area contributed by atoms with Crippen LogP contribution in [0.4, 0.5) is 0 Å². The van der Waals surface area contributed by atoms with E-state index in [4.69, 9.17) is 14.5 Å². The number of hydrogen-bond acceptors (Lipinski definition) is 7. The summed E-state index contributed by atoms with van der Waals surface area (Å²) in [4.78, 5) is 39.6. The molecule has 8 nitrogen and oxygen atoms in total. The van der Waals surface area contributed by atoms with Crippen LogP contribution in [0, 0.1) is 6.92 Å². The smallest absolute Gasteiger partial charge is 0.340 e. The molecule has 2 aromatic carbocycles. The number of nitrogens with zero attached hydrogens (tertiary/aromatic N) is 2. The van der Waals surface area contributed by atoms with Crippen molar-refractivity contribution in [2.45, 2.75) is 135 Å². The fourth-order valence-electron chi connectivity index (χ4n) is 6.58. The van der Waals surface area contributed by atoms with Crippen LogP contribution in [-0.4, -0.2) is 45.2 Å². The lowest BCUT2D eigenvalue weighted by atomic mass is 9.87. The lowest BCUT2D eigenvalue weighted by Gasteiger charge is -2.22. The number of carbonyl (C=O) groups is 2. The van der Waals surface area contributed by atoms with Gasteiger partial charge in [-0.25, -0.2) is 14.6 Å². The Kier molecular flexibility index (Phi) is 15.7. The fraction of sp³-hybridized carbons (Fsp3) is 0.512. The third-order valence-corrected chi connectivity index (χ3v) is 9.94. The number of carboxylic acid groups (broad SMARTS) is 1. The van der Waals surface area contributed by atoms with Gasteiger partial charge in [-0.1, -0.05) is 120 Å². The molecule has 50 heavy (non-hydrogen) atoms. The summed E-state index contributed by atoms with van der Waals surface area (Å²) in [6.07, 6.45) is 16.8. The summed E-state index contributed by atoms with van der Waals surface area (Å²) < 4.78 is 11.6.